The molecule has 8 heteroatoms. The van der Waals surface area contributed by atoms with Crippen LogP contribution in [0.15, 0.2) is 28.8 Å². The van der Waals surface area contributed by atoms with Crippen LogP contribution in [-0.4, -0.2) is 70.4 Å². The molecule has 7 nitrogen and oxygen atoms in total. The number of fused-ring (bicyclic) bond motifs is 5. The van der Waals surface area contributed by atoms with Crippen LogP contribution in [0.25, 0.3) is 0 Å². The average Bonchev–Trinajstić information content (AvgIpc) is 2.99. The second-order valence-corrected chi connectivity index (χ2v) is 10.7. The highest BCUT2D eigenvalue weighted by atomic mass is 19.1. The summed E-state index contributed by atoms with van der Waals surface area (Å²) in [5.74, 6) is -2.46. The molecule has 33 heavy (non-hydrogen) atoms. The third-order valence-corrected chi connectivity index (χ3v) is 9.42. The number of alkyl halides is 1. The zero-order valence-electron chi connectivity index (χ0n) is 19.7. The molecule has 0 aromatic carbocycles. The van der Waals surface area contributed by atoms with E-state index in [9.17, 15) is 24.9 Å². The summed E-state index contributed by atoms with van der Waals surface area (Å²) in [6.07, 6.45) is 5.23. The molecule has 0 aliphatic heterocycles. The Balaban J connectivity index is 1.73. The van der Waals surface area contributed by atoms with Gasteiger partial charge in [-0.25, -0.2) is 4.39 Å². The lowest BCUT2D eigenvalue weighted by Gasteiger charge is -2.62. The normalized spacial score (nSPS) is 47.4. The summed E-state index contributed by atoms with van der Waals surface area (Å²) in [4.78, 5) is 28.4. The fraction of sp³-hybridized carbons (Fsp3) is 0.720. The van der Waals surface area contributed by atoms with Crippen LogP contribution < -0.4 is 0 Å². The zero-order valence-corrected chi connectivity index (χ0v) is 19.7. The Bertz CT molecular complexity index is 961. The van der Waals surface area contributed by atoms with Gasteiger partial charge in [-0.1, -0.05) is 25.5 Å². The molecule has 0 amide bonds. The van der Waals surface area contributed by atoms with Crippen LogP contribution in [0.2, 0.25) is 0 Å². The highest BCUT2D eigenvalue weighted by molar-refractivity contribution is 6.06. The number of nitrogens with zero attached hydrogens (tertiary/aromatic N) is 1. The van der Waals surface area contributed by atoms with E-state index in [0.717, 1.165) is 5.57 Å². The van der Waals surface area contributed by atoms with E-state index in [2.05, 4.69) is 9.73 Å². The minimum atomic E-state index is -1.99. The molecule has 0 aromatic heterocycles. The van der Waals surface area contributed by atoms with Crippen molar-refractivity contribution in [3.05, 3.63) is 23.8 Å². The van der Waals surface area contributed by atoms with Crippen molar-refractivity contribution in [2.45, 2.75) is 63.8 Å². The van der Waals surface area contributed by atoms with Gasteiger partial charge >= 0.3 is 5.97 Å². The lowest BCUT2D eigenvalue weighted by Crippen LogP contribution is -2.69. The van der Waals surface area contributed by atoms with Crippen molar-refractivity contribution in [3.63, 3.8) is 0 Å². The van der Waals surface area contributed by atoms with Crippen molar-refractivity contribution in [2.24, 2.45) is 33.6 Å². The van der Waals surface area contributed by atoms with Gasteiger partial charge in [-0.05, 0) is 56.6 Å². The number of rotatable bonds is 4. The fourth-order valence-corrected chi connectivity index (χ4v) is 7.59. The van der Waals surface area contributed by atoms with E-state index in [1.165, 1.54) is 7.11 Å². The number of aliphatic hydroxyl groups excluding tert-OH is 2. The van der Waals surface area contributed by atoms with Crippen molar-refractivity contribution in [1.29, 1.82) is 0 Å². The number of carbonyl (C=O) groups excluding carboxylic acids is 2. The van der Waals surface area contributed by atoms with Crippen LogP contribution in [0.1, 0.15) is 46.5 Å². The van der Waals surface area contributed by atoms with Crippen molar-refractivity contribution in [1.82, 2.24) is 0 Å². The summed E-state index contributed by atoms with van der Waals surface area (Å²) in [5.41, 5.74) is -4.54. The van der Waals surface area contributed by atoms with Gasteiger partial charge in [0.05, 0.1) is 18.9 Å². The van der Waals surface area contributed by atoms with E-state index in [1.807, 2.05) is 0 Å². The maximum absolute atomic E-state index is 17.2. The van der Waals surface area contributed by atoms with Crippen LogP contribution in [-0.2, 0) is 14.3 Å². The number of esters is 1. The number of methoxy groups -OCH3 is 1. The maximum atomic E-state index is 17.2. The Labute approximate surface area is 193 Å². The summed E-state index contributed by atoms with van der Waals surface area (Å²) >= 11 is 0. The molecule has 0 saturated heterocycles. The number of Topliss-reactive ketones (excluding diaryl/α,β-unsaturated/α-hetero) is 1. The van der Waals surface area contributed by atoms with Crippen LogP contribution in [0.3, 0.4) is 0 Å². The Hall–Kier alpha value is -1.90. The van der Waals surface area contributed by atoms with Gasteiger partial charge in [0.2, 0.25) is 0 Å². The monoisotopic (exact) mass is 463 g/mol. The number of aliphatic imine (C=N–C) groups is 1. The molecule has 0 radical (unpaired) electrons. The number of ketones is 1. The molecular weight excluding hydrogens is 429 g/mol. The third kappa shape index (κ3) is 2.99. The molecular formula is C25H34FNO6. The molecule has 4 aliphatic rings. The highest BCUT2D eigenvalue weighted by Crippen LogP contribution is 2.70. The number of allylic oxidation sites excluding steroid dienone is 4. The number of hydrogen-bond donors (Lipinski definition) is 3. The third-order valence-electron chi connectivity index (χ3n) is 9.42. The van der Waals surface area contributed by atoms with Gasteiger partial charge in [0.1, 0.15) is 18.8 Å². The molecule has 0 bridgehead atoms. The molecule has 4 rings (SSSR count). The van der Waals surface area contributed by atoms with Gasteiger partial charge in [-0.3, -0.25) is 14.6 Å². The Morgan fingerprint density at radius 1 is 1.30 bits per heavy atom. The molecule has 8 atom stereocenters. The zero-order chi connectivity index (χ0) is 24.4. The first-order valence-corrected chi connectivity index (χ1v) is 11.6. The van der Waals surface area contributed by atoms with E-state index < -0.39 is 58.4 Å². The van der Waals surface area contributed by atoms with Gasteiger partial charge in [0.15, 0.2) is 11.5 Å². The van der Waals surface area contributed by atoms with Crippen molar-refractivity contribution in [2.75, 3.05) is 20.3 Å². The number of hydrogen-bond acceptors (Lipinski definition) is 7. The molecule has 0 aromatic rings. The molecule has 3 saturated carbocycles. The highest BCUT2D eigenvalue weighted by Gasteiger charge is 2.75. The van der Waals surface area contributed by atoms with Crippen molar-refractivity contribution >= 4 is 17.5 Å². The Morgan fingerprint density at radius 3 is 2.64 bits per heavy atom. The molecule has 3 fully saturated rings. The number of aliphatic hydroxyl groups is 3. The predicted octanol–water partition coefficient (Wildman–Crippen LogP) is 1.94. The van der Waals surface area contributed by atoms with Gasteiger partial charge in [0, 0.05) is 16.7 Å². The summed E-state index contributed by atoms with van der Waals surface area (Å²) in [7, 11) is 1.29. The summed E-state index contributed by atoms with van der Waals surface area (Å²) in [6.45, 7) is 4.40. The molecule has 4 aliphatic carbocycles. The maximum Gasteiger partial charge on any atom is 0.327 e. The van der Waals surface area contributed by atoms with Crippen LogP contribution >= 0.6 is 0 Å². The van der Waals surface area contributed by atoms with E-state index in [1.54, 1.807) is 39.0 Å². The van der Waals surface area contributed by atoms with Crippen molar-refractivity contribution < 1.29 is 34.0 Å². The van der Waals surface area contributed by atoms with Crippen molar-refractivity contribution in [3.8, 4) is 0 Å². The van der Waals surface area contributed by atoms with Gasteiger partial charge in [-0.2, -0.15) is 0 Å². The van der Waals surface area contributed by atoms with Crippen LogP contribution in [0.5, 0.6) is 0 Å². The van der Waals surface area contributed by atoms with Crippen LogP contribution in [0.4, 0.5) is 4.39 Å². The van der Waals surface area contributed by atoms with Crippen LogP contribution in [0, 0.1) is 28.6 Å². The second-order valence-electron chi connectivity index (χ2n) is 10.7. The quantitative estimate of drug-likeness (QED) is 0.549. The standard InChI is InChI=1S/C25H34FNO6/c1-14-9-18-17-6-5-15-10-16(27-12-21(31)33-4)7-8-22(15,2)24(17,26)19(29)11-23(18,3)25(14,32)20(30)13-28/h7-8,10,14,17-19,28-29,32H,5-6,9,11-13H2,1-4H3/t14-,17?,18?,19?,22?,23?,24?,25?/m1/s1. The Morgan fingerprint density at radius 2 is 2.00 bits per heavy atom. The van der Waals surface area contributed by atoms with E-state index in [0.29, 0.717) is 25.0 Å². The molecule has 0 heterocycles. The predicted molar refractivity (Wildman–Crippen MR) is 119 cm³/mol. The lowest BCUT2D eigenvalue weighted by molar-refractivity contribution is -0.219. The first-order chi connectivity index (χ1) is 15.4. The fourth-order valence-electron chi connectivity index (χ4n) is 7.59. The summed E-state index contributed by atoms with van der Waals surface area (Å²) in [6, 6.07) is 0. The lowest BCUT2D eigenvalue weighted by atomic mass is 9.44. The molecule has 7 unspecified atom stereocenters. The molecule has 3 N–H and O–H groups in total. The SMILES string of the molecule is COC(=O)CN=C1C=CC2(C)C(=C1)CCC1C3C[C@@H](C)C(O)(C(=O)CO)C3(C)CC(O)C12F. The number of ether oxygens (including phenoxy) is 1. The average molecular weight is 464 g/mol. The van der Waals surface area contributed by atoms with Gasteiger partial charge < -0.3 is 20.1 Å². The topological polar surface area (TPSA) is 116 Å². The Kier molecular flexibility index (Phi) is 5.74. The summed E-state index contributed by atoms with van der Waals surface area (Å²) < 4.78 is 21.8. The van der Waals surface area contributed by atoms with E-state index in [-0.39, 0.29) is 18.9 Å². The first-order valence-electron chi connectivity index (χ1n) is 11.6. The first kappa shape index (κ1) is 24.2. The van der Waals surface area contributed by atoms with Gasteiger partial charge in [-0.15, -0.1) is 0 Å². The smallest absolute Gasteiger partial charge is 0.327 e. The second kappa shape index (κ2) is 7.82. The van der Waals surface area contributed by atoms with E-state index in [4.69, 9.17) is 0 Å². The van der Waals surface area contributed by atoms with E-state index >= 15 is 4.39 Å². The largest absolute Gasteiger partial charge is 0.468 e. The molecule has 0 spiro atoms. The molecule has 182 valence electrons. The number of halogens is 1. The minimum absolute atomic E-state index is 0.0722. The number of carbonyl (C=O) groups is 2. The minimum Gasteiger partial charge on any atom is -0.468 e. The summed E-state index contributed by atoms with van der Waals surface area (Å²) in [5, 5.41) is 32.4. The van der Waals surface area contributed by atoms with Gasteiger partial charge in [0.25, 0.3) is 0 Å².